The quantitative estimate of drug-likeness (QED) is 0.139. The number of hydrogen-bond donors (Lipinski definition) is 4. The molecule has 1 aliphatic carbocycles. The van der Waals surface area contributed by atoms with Gasteiger partial charge in [0, 0.05) is 18.4 Å². The van der Waals surface area contributed by atoms with Gasteiger partial charge >= 0.3 is 12.1 Å². The fourth-order valence-electron chi connectivity index (χ4n) is 5.38. The molecule has 1 aliphatic rings. The fourth-order valence-corrected chi connectivity index (χ4v) is 5.38. The molecular weight excluding hydrogens is 586 g/mol. The molecule has 0 aliphatic heterocycles. The Kier molecular flexibility index (Phi) is 14.0. The summed E-state index contributed by atoms with van der Waals surface area (Å²) in [6.07, 6.45) is 3.38. The standard InChI is InChI=1S/C36H47N3O7/c1-6-8-18-31(39-36(44)46-21-30-28-16-11-9-14-26(28)27-15-10-12-17-29(27)30)35(43)45-22-32(23(3)4)38-34(42)25(13-7-2)19-33(41)37-24(5)20-40/h6-7,9-12,14-17,23-25,30-32,40H,1-2,8,13,18-22H2,3-5H3,(H,37,41)(H,38,42)(H,39,44)/t24-,25+,31+,32-/m1/s1. The van der Waals surface area contributed by atoms with Gasteiger partial charge in [-0.3, -0.25) is 9.59 Å². The van der Waals surface area contributed by atoms with Crippen molar-refractivity contribution in [1.29, 1.82) is 0 Å². The first-order valence-electron chi connectivity index (χ1n) is 15.8. The van der Waals surface area contributed by atoms with E-state index < -0.39 is 36.1 Å². The molecule has 4 atom stereocenters. The predicted molar refractivity (Wildman–Crippen MR) is 177 cm³/mol. The zero-order valence-corrected chi connectivity index (χ0v) is 27.0. The largest absolute Gasteiger partial charge is 0.462 e. The van der Waals surface area contributed by atoms with Crippen molar-refractivity contribution in [2.45, 2.75) is 70.5 Å². The van der Waals surface area contributed by atoms with Crippen LogP contribution in [0.2, 0.25) is 0 Å². The Hall–Kier alpha value is -4.44. The van der Waals surface area contributed by atoms with E-state index in [0.29, 0.717) is 6.42 Å². The number of aliphatic hydroxyl groups excluding tert-OH is 1. The number of amides is 3. The van der Waals surface area contributed by atoms with E-state index in [0.717, 1.165) is 22.3 Å². The van der Waals surface area contributed by atoms with Crippen LogP contribution in [-0.4, -0.2) is 66.9 Å². The highest BCUT2D eigenvalue weighted by Gasteiger charge is 2.31. The van der Waals surface area contributed by atoms with Crippen LogP contribution in [0.15, 0.2) is 73.8 Å². The first-order valence-corrected chi connectivity index (χ1v) is 15.8. The summed E-state index contributed by atoms with van der Waals surface area (Å²) in [7, 11) is 0. The number of carbonyl (C=O) groups excluding carboxylic acids is 4. The number of ether oxygens (including phenoxy) is 2. The molecule has 10 heteroatoms. The summed E-state index contributed by atoms with van der Waals surface area (Å²) >= 11 is 0. The maximum absolute atomic E-state index is 13.2. The zero-order valence-electron chi connectivity index (χ0n) is 27.0. The van der Waals surface area contributed by atoms with Crippen LogP contribution >= 0.6 is 0 Å². The van der Waals surface area contributed by atoms with Gasteiger partial charge in [0.1, 0.15) is 19.3 Å². The minimum Gasteiger partial charge on any atom is -0.462 e. The molecule has 0 bridgehead atoms. The third-order valence-electron chi connectivity index (χ3n) is 8.05. The Balaban J connectivity index is 1.59. The summed E-state index contributed by atoms with van der Waals surface area (Å²) in [5.41, 5.74) is 4.39. The Morgan fingerprint density at radius 3 is 2.09 bits per heavy atom. The summed E-state index contributed by atoms with van der Waals surface area (Å²) in [5.74, 6) is -2.31. The average molecular weight is 634 g/mol. The molecule has 248 valence electrons. The molecule has 0 radical (unpaired) electrons. The van der Waals surface area contributed by atoms with E-state index in [1.165, 1.54) is 0 Å². The average Bonchev–Trinajstić information content (AvgIpc) is 3.36. The van der Waals surface area contributed by atoms with E-state index in [2.05, 4.69) is 41.2 Å². The van der Waals surface area contributed by atoms with Crippen LogP contribution in [0.1, 0.15) is 63.5 Å². The van der Waals surface area contributed by atoms with E-state index in [9.17, 15) is 24.3 Å². The van der Waals surface area contributed by atoms with E-state index in [1.807, 2.05) is 50.2 Å². The van der Waals surface area contributed by atoms with E-state index in [1.54, 1.807) is 19.1 Å². The third kappa shape index (κ3) is 10.0. The van der Waals surface area contributed by atoms with Crippen molar-refractivity contribution in [3.05, 3.63) is 85.0 Å². The number of esters is 1. The number of allylic oxidation sites excluding steroid dienone is 2. The van der Waals surface area contributed by atoms with Crippen LogP contribution in [0.4, 0.5) is 4.79 Å². The molecule has 0 fully saturated rings. The highest BCUT2D eigenvalue weighted by Crippen LogP contribution is 2.44. The van der Waals surface area contributed by atoms with Crippen LogP contribution in [0, 0.1) is 11.8 Å². The van der Waals surface area contributed by atoms with Gasteiger partial charge in [-0.05, 0) is 54.4 Å². The van der Waals surface area contributed by atoms with E-state index in [4.69, 9.17) is 9.47 Å². The summed E-state index contributed by atoms with van der Waals surface area (Å²) in [5, 5.41) is 17.4. The maximum atomic E-state index is 13.2. The topological polar surface area (TPSA) is 143 Å². The lowest BCUT2D eigenvalue weighted by Gasteiger charge is -2.26. The molecular formula is C36H47N3O7. The van der Waals surface area contributed by atoms with Gasteiger partial charge in [0.05, 0.1) is 18.6 Å². The molecule has 0 heterocycles. The molecule has 0 unspecified atom stereocenters. The molecule has 46 heavy (non-hydrogen) atoms. The molecule has 0 aromatic heterocycles. The van der Waals surface area contributed by atoms with Crippen LogP contribution in [0.25, 0.3) is 11.1 Å². The molecule has 10 nitrogen and oxygen atoms in total. The lowest BCUT2D eigenvalue weighted by Crippen LogP contribution is -2.48. The number of aliphatic hydroxyl groups is 1. The van der Waals surface area contributed by atoms with Gasteiger partial charge in [-0.2, -0.15) is 0 Å². The van der Waals surface area contributed by atoms with Gasteiger partial charge in [-0.15, -0.1) is 13.2 Å². The molecule has 3 rings (SSSR count). The van der Waals surface area contributed by atoms with Crippen molar-refractivity contribution in [3.8, 4) is 11.1 Å². The molecule has 2 aromatic rings. The van der Waals surface area contributed by atoms with Crippen molar-refractivity contribution < 1.29 is 33.8 Å². The minimum absolute atomic E-state index is 0.0829. The number of benzene rings is 2. The molecule has 0 spiro atoms. The first-order chi connectivity index (χ1) is 22.1. The highest BCUT2D eigenvalue weighted by molar-refractivity contribution is 5.86. The van der Waals surface area contributed by atoms with Crippen molar-refractivity contribution in [2.75, 3.05) is 19.8 Å². The van der Waals surface area contributed by atoms with Crippen molar-refractivity contribution in [3.63, 3.8) is 0 Å². The second kappa shape index (κ2) is 17.9. The number of alkyl carbamates (subject to hydrolysis) is 1. The first kappa shape index (κ1) is 36.0. The number of carbonyl (C=O) groups is 4. The second-order valence-corrected chi connectivity index (χ2v) is 12.0. The van der Waals surface area contributed by atoms with E-state index >= 15 is 0 Å². The maximum Gasteiger partial charge on any atom is 0.407 e. The van der Waals surface area contributed by atoms with Crippen LogP contribution in [-0.2, 0) is 23.9 Å². The predicted octanol–water partition coefficient (Wildman–Crippen LogP) is 4.62. The summed E-state index contributed by atoms with van der Waals surface area (Å²) < 4.78 is 11.2. The number of fused-ring (bicyclic) bond motifs is 3. The van der Waals surface area contributed by atoms with Gasteiger partial charge in [0.25, 0.3) is 0 Å². The highest BCUT2D eigenvalue weighted by atomic mass is 16.6. The third-order valence-corrected chi connectivity index (χ3v) is 8.05. The second-order valence-electron chi connectivity index (χ2n) is 12.0. The molecule has 0 saturated carbocycles. The number of rotatable bonds is 18. The van der Waals surface area contributed by atoms with Crippen LogP contribution in [0.5, 0.6) is 0 Å². The summed E-state index contributed by atoms with van der Waals surface area (Å²) in [6.45, 7) is 12.6. The normalized spacial score (nSPS) is 14.5. The Morgan fingerprint density at radius 2 is 1.52 bits per heavy atom. The number of nitrogens with one attached hydrogen (secondary N) is 3. The Bertz CT molecular complexity index is 1330. The van der Waals surface area contributed by atoms with Gasteiger partial charge in [-0.1, -0.05) is 74.5 Å². The van der Waals surface area contributed by atoms with Gasteiger partial charge in [0.15, 0.2) is 0 Å². The minimum atomic E-state index is -0.983. The Labute approximate surface area is 271 Å². The van der Waals surface area contributed by atoms with Crippen molar-refractivity contribution in [1.82, 2.24) is 16.0 Å². The van der Waals surface area contributed by atoms with Gasteiger partial charge in [0.2, 0.25) is 11.8 Å². The summed E-state index contributed by atoms with van der Waals surface area (Å²) in [4.78, 5) is 51.6. The zero-order chi connectivity index (χ0) is 33.6. The molecule has 3 amide bonds. The smallest absolute Gasteiger partial charge is 0.407 e. The lowest BCUT2D eigenvalue weighted by atomic mass is 9.97. The fraction of sp³-hybridized carbons (Fsp3) is 0.444. The van der Waals surface area contributed by atoms with Gasteiger partial charge in [-0.25, -0.2) is 9.59 Å². The Morgan fingerprint density at radius 1 is 0.891 bits per heavy atom. The number of hydrogen-bond acceptors (Lipinski definition) is 7. The van der Waals surface area contributed by atoms with Crippen LogP contribution < -0.4 is 16.0 Å². The lowest BCUT2D eigenvalue weighted by molar-refractivity contribution is -0.148. The monoisotopic (exact) mass is 633 g/mol. The van der Waals surface area contributed by atoms with E-state index in [-0.39, 0.29) is 62.7 Å². The summed E-state index contributed by atoms with van der Waals surface area (Å²) in [6, 6.07) is 14.1. The molecule has 2 aromatic carbocycles. The van der Waals surface area contributed by atoms with Crippen molar-refractivity contribution in [2.24, 2.45) is 11.8 Å². The van der Waals surface area contributed by atoms with Crippen LogP contribution in [0.3, 0.4) is 0 Å². The molecule has 4 N–H and O–H groups in total. The molecule has 0 saturated heterocycles. The van der Waals surface area contributed by atoms with Gasteiger partial charge < -0.3 is 30.5 Å². The SMILES string of the molecule is C=CCC[C@H](NC(=O)OCC1c2ccccc2-c2ccccc21)C(=O)OC[C@@H](NC(=O)[C@@H](CC=C)CC(=O)N[C@H](C)CO)C(C)C. The van der Waals surface area contributed by atoms with Crippen molar-refractivity contribution >= 4 is 23.9 Å².